The lowest BCUT2D eigenvalue weighted by Gasteiger charge is -2.03. The molecule has 1 aromatic heterocycles. The highest BCUT2D eigenvalue weighted by Crippen LogP contribution is 2.26. The van der Waals surface area contributed by atoms with Crippen LogP contribution in [0.15, 0.2) is 53.5 Å². The van der Waals surface area contributed by atoms with Crippen molar-refractivity contribution in [2.24, 2.45) is 4.99 Å². The number of ether oxygens (including phenoxy) is 1. The van der Waals surface area contributed by atoms with Crippen molar-refractivity contribution in [1.82, 2.24) is 4.57 Å². The summed E-state index contributed by atoms with van der Waals surface area (Å²) in [7, 11) is 1.67. The number of aryl methyl sites for hydroxylation is 1. The number of para-hydroxylation sites is 3. The van der Waals surface area contributed by atoms with Crippen LogP contribution in [0.25, 0.3) is 10.2 Å². The maximum atomic E-state index is 5.37. The highest BCUT2D eigenvalue weighted by molar-refractivity contribution is 7.16. The minimum atomic E-state index is 0.799. The van der Waals surface area contributed by atoms with E-state index in [4.69, 9.17) is 9.73 Å². The molecule has 4 heteroatoms. The van der Waals surface area contributed by atoms with Crippen LogP contribution in [0.2, 0.25) is 0 Å². The van der Waals surface area contributed by atoms with E-state index >= 15 is 0 Å². The van der Waals surface area contributed by atoms with Crippen molar-refractivity contribution in [2.45, 2.75) is 13.5 Å². The quantitative estimate of drug-likeness (QED) is 0.715. The van der Waals surface area contributed by atoms with Crippen molar-refractivity contribution in [3.8, 4) is 5.75 Å². The molecule has 0 aliphatic heterocycles. The van der Waals surface area contributed by atoms with E-state index in [1.54, 1.807) is 18.4 Å². The van der Waals surface area contributed by atoms with Gasteiger partial charge >= 0.3 is 0 Å². The van der Waals surface area contributed by atoms with E-state index in [0.29, 0.717) is 0 Å². The summed E-state index contributed by atoms with van der Waals surface area (Å²) >= 11 is 1.70. The lowest BCUT2D eigenvalue weighted by Crippen LogP contribution is -2.12. The summed E-state index contributed by atoms with van der Waals surface area (Å²) in [5, 5.41) is 0. The van der Waals surface area contributed by atoms with Gasteiger partial charge < -0.3 is 9.30 Å². The van der Waals surface area contributed by atoms with Gasteiger partial charge in [0, 0.05) is 6.54 Å². The van der Waals surface area contributed by atoms with Crippen LogP contribution in [0.1, 0.15) is 6.92 Å². The van der Waals surface area contributed by atoms with Crippen LogP contribution in [0, 0.1) is 0 Å². The molecule has 20 heavy (non-hydrogen) atoms. The van der Waals surface area contributed by atoms with Gasteiger partial charge in [-0.15, -0.1) is 0 Å². The first-order valence-corrected chi connectivity index (χ1v) is 7.41. The second-order valence-corrected chi connectivity index (χ2v) is 5.39. The minimum absolute atomic E-state index is 0.799. The summed E-state index contributed by atoms with van der Waals surface area (Å²) in [6.45, 7) is 3.04. The molecule has 3 aromatic rings. The smallest absolute Gasteiger partial charge is 0.191 e. The van der Waals surface area contributed by atoms with Crippen molar-refractivity contribution in [1.29, 1.82) is 0 Å². The molecule has 0 bridgehead atoms. The van der Waals surface area contributed by atoms with Crippen LogP contribution >= 0.6 is 11.3 Å². The van der Waals surface area contributed by atoms with Crippen molar-refractivity contribution < 1.29 is 4.74 Å². The van der Waals surface area contributed by atoms with Crippen LogP contribution in [0.3, 0.4) is 0 Å². The van der Waals surface area contributed by atoms with Crippen LogP contribution in [0.5, 0.6) is 5.75 Å². The number of rotatable bonds is 3. The van der Waals surface area contributed by atoms with Crippen LogP contribution < -0.4 is 9.54 Å². The molecule has 2 aromatic carbocycles. The molecular formula is C16H16N2OS. The molecule has 0 amide bonds. The van der Waals surface area contributed by atoms with E-state index in [0.717, 1.165) is 22.8 Å². The van der Waals surface area contributed by atoms with Gasteiger partial charge in [0.15, 0.2) is 4.80 Å². The molecule has 1 heterocycles. The van der Waals surface area contributed by atoms with Gasteiger partial charge in [0.2, 0.25) is 0 Å². The highest BCUT2D eigenvalue weighted by atomic mass is 32.1. The Morgan fingerprint density at radius 3 is 2.65 bits per heavy atom. The SMILES string of the molecule is CCn1c(=Nc2ccccc2OC)sc2ccccc21. The molecule has 0 aliphatic carbocycles. The third kappa shape index (κ3) is 2.23. The fourth-order valence-electron chi connectivity index (χ4n) is 2.24. The van der Waals surface area contributed by atoms with Gasteiger partial charge in [0.05, 0.1) is 17.3 Å². The topological polar surface area (TPSA) is 26.5 Å². The number of benzene rings is 2. The Labute approximate surface area is 121 Å². The molecule has 0 spiro atoms. The Hall–Kier alpha value is -2.07. The van der Waals surface area contributed by atoms with E-state index in [2.05, 4.69) is 35.8 Å². The van der Waals surface area contributed by atoms with E-state index < -0.39 is 0 Å². The van der Waals surface area contributed by atoms with Gasteiger partial charge in [-0.3, -0.25) is 0 Å². The normalized spacial score (nSPS) is 12.0. The number of thiazole rings is 1. The average Bonchev–Trinajstić information content (AvgIpc) is 2.85. The van der Waals surface area contributed by atoms with E-state index in [1.165, 1.54) is 10.2 Å². The Bertz CT molecular complexity index is 801. The lowest BCUT2D eigenvalue weighted by atomic mass is 10.3. The molecule has 0 saturated heterocycles. The number of hydrogen-bond donors (Lipinski definition) is 0. The van der Waals surface area contributed by atoms with E-state index in [9.17, 15) is 0 Å². The summed E-state index contributed by atoms with van der Waals surface area (Å²) in [4.78, 5) is 5.77. The fourth-order valence-corrected chi connectivity index (χ4v) is 3.34. The first kappa shape index (κ1) is 12.9. The maximum Gasteiger partial charge on any atom is 0.191 e. The predicted octanol–water partition coefficient (Wildman–Crippen LogP) is 3.96. The first-order chi connectivity index (χ1) is 9.83. The summed E-state index contributed by atoms with van der Waals surface area (Å²) < 4.78 is 8.85. The zero-order chi connectivity index (χ0) is 13.9. The molecule has 0 radical (unpaired) electrons. The van der Waals surface area contributed by atoms with Gasteiger partial charge in [0.1, 0.15) is 11.4 Å². The third-order valence-electron chi connectivity index (χ3n) is 3.21. The molecule has 3 nitrogen and oxygen atoms in total. The van der Waals surface area contributed by atoms with Gasteiger partial charge in [-0.1, -0.05) is 35.6 Å². The standard InChI is InChI=1S/C16H16N2OS/c1-3-18-13-9-5-7-11-15(13)20-16(18)17-12-8-4-6-10-14(12)19-2/h4-11H,3H2,1-2H3. The molecule has 102 valence electrons. The predicted molar refractivity (Wildman–Crippen MR) is 83.7 cm³/mol. The molecule has 0 N–H and O–H groups in total. The first-order valence-electron chi connectivity index (χ1n) is 6.59. The number of hydrogen-bond acceptors (Lipinski definition) is 3. The summed E-state index contributed by atoms with van der Waals surface area (Å²) in [6, 6.07) is 16.2. The summed E-state index contributed by atoms with van der Waals surface area (Å²) in [5.41, 5.74) is 2.09. The number of nitrogens with zero attached hydrogens (tertiary/aromatic N) is 2. The molecule has 0 unspecified atom stereocenters. The molecule has 0 atom stereocenters. The number of fused-ring (bicyclic) bond motifs is 1. The molecule has 0 fully saturated rings. The Morgan fingerprint density at radius 2 is 1.85 bits per heavy atom. The molecule has 3 rings (SSSR count). The zero-order valence-electron chi connectivity index (χ0n) is 11.5. The molecule has 0 saturated carbocycles. The second-order valence-electron chi connectivity index (χ2n) is 4.38. The number of aromatic nitrogens is 1. The van der Waals surface area contributed by atoms with Crippen molar-refractivity contribution in [3.05, 3.63) is 53.3 Å². The lowest BCUT2D eigenvalue weighted by molar-refractivity contribution is 0.416. The van der Waals surface area contributed by atoms with E-state index in [-0.39, 0.29) is 0 Å². The van der Waals surface area contributed by atoms with Crippen LogP contribution in [-0.4, -0.2) is 11.7 Å². The zero-order valence-corrected chi connectivity index (χ0v) is 12.4. The largest absolute Gasteiger partial charge is 0.494 e. The second kappa shape index (κ2) is 5.51. The van der Waals surface area contributed by atoms with Gasteiger partial charge in [0.25, 0.3) is 0 Å². The van der Waals surface area contributed by atoms with E-state index in [1.807, 2.05) is 24.3 Å². The fraction of sp³-hybridized carbons (Fsp3) is 0.188. The molecule has 0 aliphatic rings. The maximum absolute atomic E-state index is 5.37. The number of methoxy groups -OCH3 is 1. The van der Waals surface area contributed by atoms with Crippen molar-refractivity contribution >= 4 is 27.2 Å². The average molecular weight is 284 g/mol. The molecular weight excluding hydrogens is 268 g/mol. The van der Waals surface area contributed by atoms with Crippen LogP contribution in [0.4, 0.5) is 5.69 Å². The monoisotopic (exact) mass is 284 g/mol. The third-order valence-corrected chi connectivity index (χ3v) is 4.27. The summed E-state index contributed by atoms with van der Waals surface area (Å²) in [6.07, 6.45) is 0. The Kier molecular flexibility index (Phi) is 3.56. The van der Waals surface area contributed by atoms with Crippen LogP contribution in [-0.2, 0) is 6.54 Å². The van der Waals surface area contributed by atoms with Crippen molar-refractivity contribution in [2.75, 3.05) is 7.11 Å². The van der Waals surface area contributed by atoms with Gasteiger partial charge in [-0.05, 0) is 31.2 Å². The van der Waals surface area contributed by atoms with Crippen molar-refractivity contribution in [3.63, 3.8) is 0 Å². The van der Waals surface area contributed by atoms with Gasteiger partial charge in [-0.25, -0.2) is 4.99 Å². The highest BCUT2D eigenvalue weighted by Gasteiger charge is 2.05. The minimum Gasteiger partial charge on any atom is -0.494 e. The summed E-state index contributed by atoms with van der Waals surface area (Å²) in [5.74, 6) is 0.799. The Morgan fingerprint density at radius 1 is 1.10 bits per heavy atom. The Balaban J connectivity index is 2.25. The van der Waals surface area contributed by atoms with Gasteiger partial charge in [-0.2, -0.15) is 0 Å².